The highest BCUT2D eigenvalue weighted by Gasteiger charge is 2.24. The Hall–Kier alpha value is -2.76. The van der Waals surface area contributed by atoms with Gasteiger partial charge in [-0.1, -0.05) is 0 Å². The van der Waals surface area contributed by atoms with Crippen molar-refractivity contribution < 1.29 is 28.4 Å². The molecule has 6 nitrogen and oxygen atoms in total. The van der Waals surface area contributed by atoms with Gasteiger partial charge in [0, 0.05) is 11.6 Å². The van der Waals surface area contributed by atoms with Crippen LogP contribution in [-0.2, 0) is 0 Å². The zero-order valence-corrected chi connectivity index (χ0v) is 14.7. The maximum atomic E-state index is 5.57. The largest absolute Gasteiger partial charge is 0.496 e. The molecule has 0 N–H and O–H groups in total. The molecule has 0 amide bonds. The maximum absolute atomic E-state index is 5.57. The zero-order chi connectivity index (χ0) is 17.7. The van der Waals surface area contributed by atoms with Crippen LogP contribution in [0.4, 0.5) is 0 Å². The quantitative estimate of drug-likeness (QED) is 0.775. The second-order valence-corrected chi connectivity index (χ2v) is 4.68. The maximum Gasteiger partial charge on any atom is 0.203 e. The summed E-state index contributed by atoms with van der Waals surface area (Å²) in [5.74, 6) is 3.06. The molecule has 0 saturated heterocycles. The highest BCUT2D eigenvalue weighted by Crippen LogP contribution is 2.51. The molecular formula is C18H21O6. The molecule has 1 radical (unpaired) electrons. The summed E-state index contributed by atoms with van der Waals surface area (Å²) in [6.45, 7) is 0. The molecule has 0 aliphatic heterocycles. The monoisotopic (exact) mass is 333 g/mol. The van der Waals surface area contributed by atoms with Crippen LogP contribution < -0.4 is 28.4 Å². The Balaban J connectivity index is 2.85. The van der Waals surface area contributed by atoms with Gasteiger partial charge in [0.2, 0.25) is 5.75 Å². The van der Waals surface area contributed by atoms with E-state index in [9.17, 15) is 0 Å². The third-order valence-electron chi connectivity index (χ3n) is 3.62. The highest BCUT2D eigenvalue weighted by atomic mass is 16.5. The number of methoxy groups -OCH3 is 6. The van der Waals surface area contributed by atoms with Gasteiger partial charge < -0.3 is 28.4 Å². The van der Waals surface area contributed by atoms with E-state index >= 15 is 0 Å². The lowest BCUT2D eigenvalue weighted by Crippen LogP contribution is -2.00. The minimum atomic E-state index is 0.463. The minimum Gasteiger partial charge on any atom is -0.496 e. The van der Waals surface area contributed by atoms with Crippen molar-refractivity contribution in [2.75, 3.05) is 42.7 Å². The van der Waals surface area contributed by atoms with Gasteiger partial charge in [-0.2, -0.15) is 0 Å². The predicted octanol–water partition coefficient (Wildman–Crippen LogP) is 3.21. The molecule has 0 unspecified atom stereocenters. The van der Waals surface area contributed by atoms with E-state index < -0.39 is 0 Å². The highest BCUT2D eigenvalue weighted by molar-refractivity contribution is 5.86. The molecule has 0 aliphatic rings. The summed E-state index contributed by atoms with van der Waals surface area (Å²) in [7, 11) is 9.37. The summed E-state index contributed by atoms with van der Waals surface area (Å²) in [6.07, 6.45) is 0. The Kier molecular flexibility index (Phi) is 5.63. The second kappa shape index (κ2) is 7.68. The minimum absolute atomic E-state index is 0.463. The number of rotatable bonds is 7. The van der Waals surface area contributed by atoms with Crippen LogP contribution in [0.1, 0.15) is 0 Å². The first-order valence-electron chi connectivity index (χ1n) is 7.16. The van der Waals surface area contributed by atoms with E-state index in [1.165, 1.54) is 0 Å². The first-order valence-corrected chi connectivity index (χ1v) is 7.16. The lowest BCUT2D eigenvalue weighted by atomic mass is 10.0. The molecule has 0 heterocycles. The molecule has 0 atom stereocenters. The average molecular weight is 333 g/mol. The molecule has 0 spiro atoms. The normalized spacial score (nSPS) is 10.1. The van der Waals surface area contributed by atoms with Crippen molar-refractivity contribution in [1.29, 1.82) is 0 Å². The molecule has 2 aromatic carbocycles. The van der Waals surface area contributed by atoms with E-state index in [2.05, 4.69) is 6.07 Å². The number of hydrogen-bond acceptors (Lipinski definition) is 6. The lowest BCUT2D eigenvalue weighted by molar-refractivity contribution is 0.324. The van der Waals surface area contributed by atoms with Crippen molar-refractivity contribution >= 4 is 0 Å². The van der Waals surface area contributed by atoms with E-state index in [4.69, 9.17) is 28.4 Å². The van der Waals surface area contributed by atoms with Gasteiger partial charge in [-0.05, 0) is 18.2 Å². The molecule has 0 fully saturated rings. The van der Waals surface area contributed by atoms with E-state index in [1.807, 2.05) is 6.07 Å². The van der Waals surface area contributed by atoms with Crippen molar-refractivity contribution in [3.05, 3.63) is 24.3 Å². The van der Waals surface area contributed by atoms with Gasteiger partial charge in [0.05, 0.1) is 48.2 Å². The summed E-state index contributed by atoms with van der Waals surface area (Å²) in [5, 5.41) is 0. The summed E-state index contributed by atoms with van der Waals surface area (Å²) in [5.41, 5.74) is 1.39. The second-order valence-electron chi connectivity index (χ2n) is 4.68. The van der Waals surface area contributed by atoms with Gasteiger partial charge in [-0.3, -0.25) is 0 Å². The molecule has 6 heteroatoms. The smallest absolute Gasteiger partial charge is 0.203 e. The van der Waals surface area contributed by atoms with Crippen molar-refractivity contribution in [1.82, 2.24) is 0 Å². The lowest BCUT2D eigenvalue weighted by Gasteiger charge is -2.20. The van der Waals surface area contributed by atoms with Crippen LogP contribution in [0, 0.1) is 6.07 Å². The van der Waals surface area contributed by atoms with Crippen molar-refractivity contribution in [3.8, 4) is 45.6 Å². The van der Waals surface area contributed by atoms with Crippen molar-refractivity contribution in [2.45, 2.75) is 0 Å². The van der Waals surface area contributed by atoms with Crippen LogP contribution >= 0.6 is 0 Å². The summed E-state index contributed by atoms with van der Waals surface area (Å²) in [6, 6.07) is 8.31. The summed E-state index contributed by atoms with van der Waals surface area (Å²) >= 11 is 0. The third kappa shape index (κ3) is 2.87. The number of benzene rings is 2. The molecule has 0 bridgehead atoms. The van der Waals surface area contributed by atoms with E-state index in [0.29, 0.717) is 40.1 Å². The molecular weight excluding hydrogens is 312 g/mol. The van der Waals surface area contributed by atoms with Gasteiger partial charge in [0.25, 0.3) is 0 Å². The molecule has 2 rings (SSSR count). The molecule has 0 saturated carbocycles. The van der Waals surface area contributed by atoms with Gasteiger partial charge in [-0.25, -0.2) is 0 Å². The van der Waals surface area contributed by atoms with Crippen LogP contribution in [0.5, 0.6) is 34.5 Å². The predicted molar refractivity (Wildman–Crippen MR) is 90.0 cm³/mol. The Morgan fingerprint density at radius 2 is 1.25 bits per heavy atom. The molecule has 24 heavy (non-hydrogen) atoms. The van der Waals surface area contributed by atoms with Gasteiger partial charge in [0.15, 0.2) is 23.0 Å². The number of ether oxygens (including phenoxy) is 6. The first kappa shape index (κ1) is 17.6. The molecule has 2 aromatic rings. The topological polar surface area (TPSA) is 55.4 Å². The van der Waals surface area contributed by atoms with Crippen molar-refractivity contribution in [2.24, 2.45) is 0 Å². The molecule has 129 valence electrons. The van der Waals surface area contributed by atoms with Crippen LogP contribution in [0.3, 0.4) is 0 Å². The standard InChI is InChI=1S/C18H21O6/c1-19-12-9-10-13(20-2)17(23-5)15(12)11-7-8-14(21-3)18(24-6)16(11)22-4/h7-9H,1-6H3. The fourth-order valence-electron chi connectivity index (χ4n) is 2.55. The van der Waals surface area contributed by atoms with Crippen LogP contribution in [0.15, 0.2) is 18.2 Å². The summed E-state index contributed by atoms with van der Waals surface area (Å²) in [4.78, 5) is 0. The number of hydrogen-bond donors (Lipinski definition) is 0. The Morgan fingerprint density at radius 1 is 0.625 bits per heavy atom. The first-order chi connectivity index (χ1) is 11.7. The van der Waals surface area contributed by atoms with E-state index in [1.54, 1.807) is 54.8 Å². The van der Waals surface area contributed by atoms with Gasteiger partial charge in [0.1, 0.15) is 5.75 Å². The zero-order valence-electron chi connectivity index (χ0n) is 14.7. The van der Waals surface area contributed by atoms with E-state index in [-0.39, 0.29) is 0 Å². The van der Waals surface area contributed by atoms with E-state index in [0.717, 1.165) is 5.56 Å². The third-order valence-corrected chi connectivity index (χ3v) is 3.62. The Bertz CT molecular complexity index is 711. The van der Waals surface area contributed by atoms with Crippen LogP contribution in [0.25, 0.3) is 11.1 Å². The Morgan fingerprint density at radius 3 is 1.75 bits per heavy atom. The average Bonchev–Trinajstić information content (AvgIpc) is 2.64. The summed E-state index contributed by atoms with van der Waals surface area (Å²) < 4.78 is 32.7. The molecule has 0 aliphatic carbocycles. The van der Waals surface area contributed by atoms with Gasteiger partial charge >= 0.3 is 0 Å². The van der Waals surface area contributed by atoms with Crippen molar-refractivity contribution in [3.63, 3.8) is 0 Å². The SMILES string of the molecule is COc1[c]cc(OC)c(-c2ccc(OC)c(OC)c2OC)c1OC. The Labute approximate surface area is 141 Å². The van der Waals surface area contributed by atoms with Crippen LogP contribution in [-0.4, -0.2) is 42.7 Å². The van der Waals surface area contributed by atoms with Gasteiger partial charge in [-0.15, -0.1) is 0 Å². The fourth-order valence-corrected chi connectivity index (χ4v) is 2.55. The van der Waals surface area contributed by atoms with Crippen LogP contribution in [0.2, 0.25) is 0 Å². The fraction of sp³-hybridized carbons (Fsp3) is 0.333. The molecule has 0 aromatic heterocycles.